The number of carbonyl (C=O) groups excluding carboxylic acids is 1. The molecule has 2 heterocycles. The van der Waals surface area contributed by atoms with Crippen molar-refractivity contribution in [2.24, 2.45) is 0 Å². The number of carboxylic acid groups (broad SMARTS) is 1. The third-order valence-corrected chi connectivity index (χ3v) is 3.76. The van der Waals surface area contributed by atoms with E-state index in [-0.39, 0.29) is 12.5 Å². The number of anilines is 1. The summed E-state index contributed by atoms with van der Waals surface area (Å²) in [6.07, 6.45) is 6.33. The zero-order valence-corrected chi connectivity index (χ0v) is 14.5. The molecule has 25 heavy (non-hydrogen) atoms. The van der Waals surface area contributed by atoms with Gasteiger partial charge in [-0.1, -0.05) is 12.1 Å². The average Bonchev–Trinajstić information content (AvgIpc) is 3.18. The lowest BCUT2D eigenvalue weighted by Crippen LogP contribution is -2.12. The highest BCUT2D eigenvalue weighted by Crippen LogP contribution is 2.13. The Balaban J connectivity index is 1.61. The van der Waals surface area contributed by atoms with E-state index in [1.54, 1.807) is 23.0 Å². The van der Waals surface area contributed by atoms with E-state index in [0.717, 1.165) is 10.0 Å². The SMILES string of the molecule is O=C(O)Cn1cc(C(=O)Nc2ccc(Cn3cc(Br)cn3)cc2)cn1. The Morgan fingerprint density at radius 3 is 2.44 bits per heavy atom. The molecular weight excluding hydrogens is 390 g/mol. The highest BCUT2D eigenvalue weighted by Gasteiger charge is 2.10. The van der Waals surface area contributed by atoms with E-state index in [4.69, 9.17) is 5.11 Å². The highest BCUT2D eigenvalue weighted by atomic mass is 79.9. The summed E-state index contributed by atoms with van der Waals surface area (Å²) in [6.45, 7) is 0.341. The molecule has 0 aliphatic heterocycles. The highest BCUT2D eigenvalue weighted by molar-refractivity contribution is 9.10. The molecule has 0 saturated heterocycles. The molecule has 0 saturated carbocycles. The molecule has 0 radical (unpaired) electrons. The van der Waals surface area contributed by atoms with Gasteiger partial charge in [0.15, 0.2) is 0 Å². The van der Waals surface area contributed by atoms with Crippen LogP contribution in [0.4, 0.5) is 5.69 Å². The van der Waals surface area contributed by atoms with Crippen LogP contribution in [-0.2, 0) is 17.9 Å². The number of nitrogens with one attached hydrogen (secondary N) is 1. The van der Waals surface area contributed by atoms with Crippen molar-refractivity contribution in [1.82, 2.24) is 19.6 Å². The molecule has 2 N–H and O–H groups in total. The summed E-state index contributed by atoms with van der Waals surface area (Å²) < 4.78 is 3.91. The third-order valence-electron chi connectivity index (χ3n) is 3.35. The monoisotopic (exact) mass is 403 g/mol. The van der Waals surface area contributed by atoms with Gasteiger partial charge in [0.1, 0.15) is 6.54 Å². The molecule has 0 aliphatic rings. The topological polar surface area (TPSA) is 102 Å². The van der Waals surface area contributed by atoms with E-state index >= 15 is 0 Å². The van der Waals surface area contributed by atoms with Crippen LogP contribution >= 0.6 is 15.9 Å². The van der Waals surface area contributed by atoms with Gasteiger partial charge in [-0.3, -0.25) is 19.0 Å². The number of aromatic nitrogens is 4. The normalized spacial score (nSPS) is 10.6. The number of amides is 1. The van der Waals surface area contributed by atoms with Crippen LogP contribution in [0, 0.1) is 0 Å². The molecule has 3 aromatic rings. The fourth-order valence-corrected chi connectivity index (χ4v) is 2.54. The molecule has 0 atom stereocenters. The molecule has 0 spiro atoms. The van der Waals surface area contributed by atoms with Crippen LogP contribution in [0.25, 0.3) is 0 Å². The van der Waals surface area contributed by atoms with Crippen LogP contribution in [0.5, 0.6) is 0 Å². The smallest absolute Gasteiger partial charge is 0.325 e. The zero-order valence-electron chi connectivity index (χ0n) is 13.0. The molecule has 8 nitrogen and oxygen atoms in total. The van der Waals surface area contributed by atoms with Crippen LogP contribution in [0.2, 0.25) is 0 Å². The number of benzene rings is 1. The first-order chi connectivity index (χ1) is 12.0. The predicted octanol–water partition coefficient (Wildman–Crippen LogP) is 2.23. The summed E-state index contributed by atoms with van der Waals surface area (Å²) in [6, 6.07) is 7.40. The first-order valence-electron chi connectivity index (χ1n) is 7.32. The molecule has 2 aromatic heterocycles. The van der Waals surface area contributed by atoms with Crippen molar-refractivity contribution in [3.05, 3.63) is 64.7 Å². The maximum Gasteiger partial charge on any atom is 0.325 e. The molecule has 9 heteroatoms. The second-order valence-corrected chi connectivity index (χ2v) is 6.24. The minimum Gasteiger partial charge on any atom is -0.480 e. The lowest BCUT2D eigenvalue weighted by Gasteiger charge is -2.06. The summed E-state index contributed by atoms with van der Waals surface area (Å²) >= 11 is 3.35. The summed E-state index contributed by atoms with van der Waals surface area (Å²) in [4.78, 5) is 22.8. The fourth-order valence-electron chi connectivity index (χ4n) is 2.21. The molecule has 0 aliphatic carbocycles. The van der Waals surface area contributed by atoms with Gasteiger partial charge in [0.2, 0.25) is 0 Å². The number of nitrogens with zero attached hydrogens (tertiary/aromatic N) is 4. The van der Waals surface area contributed by atoms with Crippen molar-refractivity contribution in [3.63, 3.8) is 0 Å². The quantitative estimate of drug-likeness (QED) is 0.656. The van der Waals surface area contributed by atoms with Crippen LogP contribution in [0.3, 0.4) is 0 Å². The Bertz CT molecular complexity index is 901. The van der Waals surface area contributed by atoms with Crippen molar-refractivity contribution < 1.29 is 14.7 Å². The fraction of sp³-hybridized carbons (Fsp3) is 0.125. The van der Waals surface area contributed by atoms with Gasteiger partial charge in [-0.15, -0.1) is 0 Å². The van der Waals surface area contributed by atoms with Gasteiger partial charge in [0, 0.05) is 18.1 Å². The van der Waals surface area contributed by atoms with Crippen LogP contribution < -0.4 is 5.32 Å². The standard InChI is InChI=1S/C16H14BrN5O3/c17-13-6-19-21(9-13)7-11-1-3-14(4-2-11)20-16(25)12-5-18-22(8-12)10-15(23)24/h1-6,8-9H,7,10H2,(H,20,25)(H,23,24). The molecule has 128 valence electrons. The van der Waals surface area contributed by atoms with Crippen molar-refractivity contribution in [1.29, 1.82) is 0 Å². The Morgan fingerprint density at radius 2 is 1.80 bits per heavy atom. The van der Waals surface area contributed by atoms with Crippen LogP contribution in [-0.4, -0.2) is 36.5 Å². The Labute approximate surface area is 151 Å². The Morgan fingerprint density at radius 1 is 1.08 bits per heavy atom. The molecule has 1 amide bonds. The lowest BCUT2D eigenvalue weighted by molar-refractivity contribution is -0.137. The lowest BCUT2D eigenvalue weighted by atomic mass is 10.2. The largest absolute Gasteiger partial charge is 0.480 e. The van der Waals surface area contributed by atoms with E-state index in [9.17, 15) is 9.59 Å². The summed E-state index contributed by atoms with van der Waals surface area (Å²) in [5, 5.41) is 19.5. The molecular formula is C16H14BrN5O3. The minimum atomic E-state index is -1.02. The molecule has 3 rings (SSSR count). The molecule has 1 aromatic carbocycles. The maximum atomic E-state index is 12.2. The van der Waals surface area contributed by atoms with Gasteiger partial charge in [-0.2, -0.15) is 10.2 Å². The van der Waals surface area contributed by atoms with Crippen molar-refractivity contribution in [2.45, 2.75) is 13.1 Å². The number of rotatable bonds is 6. The number of aliphatic carboxylic acids is 1. The summed E-state index contributed by atoms with van der Waals surface area (Å²) in [7, 11) is 0. The second-order valence-electron chi connectivity index (χ2n) is 5.33. The molecule has 0 bridgehead atoms. The van der Waals surface area contributed by atoms with E-state index < -0.39 is 5.97 Å². The third kappa shape index (κ3) is 4.54. The molecule has 0 fully saturated rings. The summed E-state index contributed by atoms with van der Waals surface area (Å²) in [5.74, 6) is -1.37. The van der Waals surface area contributed by atoms with Crippen LogP contribution in [0.15, 0.2) is 53.5 Å². The first-order valence-corrected chi connectivity index (χ1v) is 8.11. The predicted molar refractivity (Wildman–Crippen MR) is 93.3 cm³/mol. The number of hydrogen-bond donors (Lipinski definition) is 2. The minimum absolute atomic E-state index is 0.286. The number of carbonyl (C=O) groups is 2. The number of carboxylic acids is 1. The molecule has 0 unspecified atom stereocenters. The Kier molecular flexibility index (Phi) is 4.94. The average molecular weight is 404 g/mol. The van der Waals surface area contributed by atoms with E-state index in [0.29, 0.717) is 17.8 Å². The van der Waals surface area contributed by atoms with Crippen molar-refractivity contribution >= 4 is 33.5 Å². The Hall–Kier alpha value is -2.94. The summed E-state index contributed by atoms with van der Waals surface area (Å²) in [5.41, 5.74) is 1.98. The van der Waals surface area contributed by atoms with Crippen molar-refractivity contribution in [2.75, 3.05) is 5.32 Å². The van der Waals surface area contributed by atoms with Crippen LogP contribution in [0.1, 0.15) is 15.9 Å². The zero-order chi connectivity index (χ0) is 17.8. The van der Waals surface area contributed by atoms with Gasteiger partial charge < -0.3 is 10.4 Å². The van der Waals surface area contributed by atoms with Crippen molar-refractivity contribution in [3.8, 4) is 0 Å². The maximum absolute atomic E-state index is 12.2. The number of halogens is 1. The van der Waals surface area contributed by atoms with E-state index in [1.165, 1.54) is 17.1 Å². The first kappa shape index (κ1) is 16.9. The second kappa shape index (κ2) is 7.31. The van der Waals surface area contributed by atoms with Gasteiger partial charge >= 0.3 is 5.97 Å². The van der Waals surface area contributed by atoms with E-state index in [1.807, 2.05) is 18.3 Å². The van der Waals surface area contributed by atoms with Gasteiger partial charge in [-0.25, -0.2) is 0 Å². The van der Waals surface area contributed by atoms with Gasteiger partial charge in [0.05, 0.1) is 29.0 Å². The van der Waals surface area contributed by atoms with Gasteiger partial charge in [0.25, 0.3) is 5.91 Å². The van der Waals surface area contributed by atoms with Gasteiger partial charge in [-0.05, 0) is 33.6 Å². The van der Waals surface area contributed by atoms with E-state index in [2.05, 4.69) is 31.4 Å². The number of hydrogen-bond acceptors (Lipinski definition) is 4.